The van der Waals surface area contributed by atoms with Crippen molar-refractivity contribution in [2.45, 2.75) is 44.4 Å². The van der Waals surface area contributed by atoms with Crippen LogP contribution in [-0.2, 0) is 9.53 Å². The number of benzene rings is 2. The molecule has 1 aliphatic carbocycles. The Balaban J connectivity index is 1.42. The van der Waals surface area contributed by atoms with Crippen molar-refractivity contribution in [2.75, 3.05) is 13.2 Å². The number of rotatable bonds is 10. The summed E-state index contributed by atoms with van der Waals surface area (Å²) in [6.45, 7) is 0.982. The Kier molecular flexibility index (Phi) is 7.03. The van der Waals surface area contributed by atoms with Crippen LogP contribution in [0.2, 0.25) is 0 Å². The van der Waals surface area contributed by atoms with Gasteiger partial charge in [-0.05, 0) is 35.1 Å². The zero-order chi connectivity index (χ0) is 18.9. The van der Waals surface area contributed by atoms with Gasteiger partial charge in [-0.1, -0.05) is 67.8 Å². The van der Waals surface area contributed by atoms with Crippen molar-refractivity contribution in [3.8, 4) is 11.1 Å². The second kappa shape index (κ2) is 9.91. The molecule has 0 aliphatic heterocycles. The summed E-state index contributed by atoms with van der Waals surface area (Å²) in [7, 11) is 0. The maximum atomic E-state index is 12.0. The van der Waals surface area contributed by atoms with Gasteiger partial charge in [0.05, 0.1) is 0 Å². The van der Waals surface area contributed by atoms with Crippen LogP contribution in [0, 0.1) is 0 Å². The highest BCUT2D eigenvalue weighted by atomic mass is 16.5. The minimum atomic E-state index is -0.349. The van der Waals surface area contributed by atoms with Crippen LogP contribution in [0.5, 0.6) is 0 Å². The number of carbonyl (C=O) groups is 2. The molecular weight excluding hydrogens is 338 g/mol. The summed E-state index contributed by atoms with van der Waals surface area (Å²) in [5.74, 6) is 0.0981. The zero-order valence-corrected chi connectivity index (χ0v) is 15.7. The van der Waals surface area contributed by atoms with Crippen molar-refractivity contribution >= 4 is 12.4 Å². The molecule has 0 fully saturated rings. The molecule has 0 saturated carbocycles. The van der Waals surface area contributed by atoms with Crippen molar-refractivity contribution in [3.63, 3.8) is 0 Å². The first-order valence-corrected chi connectivity index (χ1v) is 9.83. The van der Waals surface area contributed by atoms with Gasteiger partial charge in [0.2, 0.25) is 0 Å². The summed E-state index contributed by atoms with van der Waals surface area (Å²) in [4.78, 5) is 22.3. The van der Waals surface area contributed by atoms with Gasteiger partial charge in [0.15, 0.2) is 0 Å². The van der Waals surface area contributed by atoms with Crippen LogP contribution in [-0.4, -0.2) is 25.5 Å². The number of unbranched alkanes of at least 4 members (excludes halogenated alkanes) is 5. The molecule has 4 nitrogen and oxygen atoms in total. The fraction of sp³-hybridized carbons (Fsp3) is 0.391. The van der Waals surface area contributed by atoms with E-state index in [0.29, 0.717) is 19.6 Å². The first kappa shape index (κ1) is 19.2. The maximum Gasteiger partial charge on any atom is 0.407 e. The van der Waals surface area contributed by atoms with Crippen LogP contribution in [0.15, 0.2) is 48.5 Å². The van der Waals surface area contributed by atoms with E-state index in [4.69, 9.17) is 4.74 Å². The Bertz CT molecular complexity index is 726. The Morgan fingerprint density at radius 2 is 1.48 bits per heavy atom. The zero-order valence-electron chi connectivity index (χ0n) is 15.7. The second-order valence-electron chi connectivity index (χ2n) is 6.98. The molecule has 1 amide bonds. The summed E-state index contributed by atoms with van der Waals surface area (Å²) >= 11 is 0. The predicted octanol–water partition coefficient (Wildman–Crippen LogP) is 5.06. The Morgan fingerprint density at radius 3 is 2.15 bits per heavy atom. The molecule has 0 bridgehead atoms. The number of hydrogen-bond donors (Lipinski definition) is 1. The summed E-state index contributed by atoms with van der Waals surface area (Å²) in [5, 5.41) is 2.84. The van der Waals surface area contributed by atoms with Crippen molar-refractivity contribution in [1.29, 1.82) is 0 Å². The van der Waals surface area contributed by atoms with Gasteiger partial charge in [-0.2, -0.15) is 0 Å². The lowest BCUT2D eigenvalue weighted by Crippen LogP contribution is -2.27. The largest absolute Gasteiger partial charge is 0.449 e. The lowest BCUT2D eigenvalue weighted by Gasteiger charge is -2.14. The van der Waals surface area contributed by atoms with Gasteiger partial charge in [-0.25, -0.2) is 4.79 Å². The van der Waals surface area contributed by atoms with E-state index in [9.17, 15) is 9.59 Å². The van der Waals surface area contributed by atoms with Crippen LogP contribution < -0.4 is 5.32 Å². The molecule has 0 aromatic heterocycles. The third-order valence-electron chi connectivity index (χ3n) is 5.11. The van der Waals surface area contributed by atoms with Gasteiger partial charge in [0.25, 0.3) is 0 Å². The number of carbonyl (C=O) groups excluding carboxylic acids is 2. The molecule has 1 N–H and O–H groups in total. The van der Waals surface area contributed by atoms with E-state index >= 15 is 0 Å². The number of fused-ring (bicyclic) bond motifs is 3. The number of aldehydes is 1. The molecule has 2 aromatic carbocycles. The van der Waals surface area contributed by atoms with E-state index in [1.54, 1.807) is 0 Å². The van der Waals surface area contributed by atoms with Gasteiger partial charge in [-0.3, -0.25) is 0 Å². The number of amides is 1. The molecule has 0 spiro atoms. The van der Waals surface area contributed by atoms with Gasteiger partial charge in [0.1, 0.15) is 12.9 Å². The average molecular weight is 365 g/mol. The molecule has 1 aliphatic rings. The monoisotopic (exact) mass is 365 g/mol. The Hall–Kier alpha value is -2.62. The van der Waals surface area contributed by atoms with Crippen molar-refractivity contribution in [2.24, 2.45) is 0 Å². The fourth-order valence-electron chi connectivity index (χ4n) is 3.72. The molecular formula is C23H27NO3. The van der Waals surface area contributed by atoms with E-state index in [-0.39, 0.29) is 12.0 Å². The molecule has 0 heterocycles. The van der Waals surface area contributed by atoms with Crippen LogP contribution in [0.4, 0.5) is 4.79 Å². The first-order valence-electron chi connectivity index (χ1n) is 9.83. The predicted molar refractivity (Wildman–Crippen MR) is 107 cm³/mol. The van der Waals surface area contributed by atoms with Gasteiger partial charge in [-0.15, -0.1) is 0 Å². The van der Waals surface area contributed by atoms with Crippen LogP contribution in [0.3, 0.4) is 0 Å². The molecule has 142 valence electrons. The summed E-state index contributed by atoms with van der Waals surface area (Å²) in [6.07, 6.45) is 6.40. The molecule has 4 heteroatoms. The van der Waals surface area contributed by atoms with Crippen molar-refractivity contribution < 1.29 is 14.3 Å². The Labute approximate surface area is 160 Å². The highest BCUT2D eigenvalue weighted by Crippen LogP contribution is 2.44. The van der Waals surface area contributed by atoms with Crippen molar-refractivity contribution in [1.82, 2.24) is 5.32 Å². The van der Waals surface area contributed by atoms with E-state index in [1.807, 2.05) is 24.3 Å². The second-order valence-corrected chi connectivity index (χ2v) is 6.98. The molecule has 3 rings (SSSR count). The highest BCUT2D eigenvalue weighted by Gasteiger charge is 2.28. The van der Waals surface area contributed by atoms with E-state index in [0.717, 1.165) is 38.4 Å². The number of alkyl carbamates (subject to hydrolysis) is 1. The Morgan fingerprint density at radius 1 is 0.889 bits per heavy atom. The molecule has 2 aromatic rings. The normalized spacial score (nSPS) is 12.3. The third kappa shape index (κ3) is 4.97. The van der Waals surface area contributed by atoms with Crippen LogP contribution in [0.25, 0.3) is 11.1 Å². The van der Waals surface area contributed by atoms with Crippen LogP contribution in [0.1, 0.15) is 55.6 Å². The van der Waals surface area contributed by atoms with Crippen LogP contribution >= 0.6 is 0 Å². The van der Waals surface area contributed by atoms with Crippen molar-refractivity contribution in [3.05, 3.63) is 59.7 Å². The quantitative estimate of drug-likeness (QED) is 0.473. The minimum absolute atomic E-state index is 0.0981. The minimum Gasteiger partial charge on any atom is -0.449 e. The van der Waals surface area contributed by atoms with Gasteiger partial charge < -0.3 is 14.8 Å². The van der Waals surface area contributed by atoms with E-state index < -0.39 is 0 Å². The third-order valence-corrected chi connectivity index (χ3v) is 5.11. The van der Waals surface area contributed by atoms with E-state index in [2.05, 4.69) is 29.6 Å². The standard InChI is InChI=1S/C23H27NO3/c25-16-10-4-2-1-3-9-15-24-23(26)27-17-22-20-13-7-5-11-18(20)19-12-6-8-14-21(19)22/h5-8,11-14,16,22H,1-4,9-10,15,17H2,(H,24,26). The number of ether oxygens (including phenoxy) is 1. The number of hydrogen-bond acceptors (Lipinski definition) is 3. The lowest BCUT2D eigenvalue weighted by molar-refractivity contribution is -0.107. The maximum absolute atomic E-state index is 12.0. The first-order chi connectivity index (χ1) is 13.3. The average Bonchev–Trinajstić information content (AvgIpc) is 3.02. The van der Waals surface area contributed by atoms with E-state index in [1.165, 1.54) is 22.3 Å². The summed E-state index contributed by atoms with van der Waals surface area (Å²) in [6, 6.07) is 16.7. The topological polar surface area (TPSA) is 55.4 Å². The molecule has 0 radical (unpaired) electrons. The van der Waals surface area contributed by atoms with Gasteiger partial charge in [0, 0.05) is 18.9 Å². The molecule has 0 atom stereocenters. The highest BCUT2D eigenvalue weighted by molar-refractivity contribution is 5.79. The summed E-state index contributed by atoms with van der Waals surface area (Å²) in [5.41, 5.74) is 4.91. The van der Waals surface area contributed by atoms with Gasteiger partial charge >= 0.3 is 6.09 Å². The number of nitrogens with one attached hydrogen (secondary N) is 1. The molecule has 27 heavy (non-hydrogen) atoms. The molecule has 0 unspecified atom stereocenters. The smallest absolute Gasteiger partial charge is 0.407 e. The fourth-order valence-corrected chi connectivity index (χ4v) is 3.72. The molecule has 0 saturated heterocycles. The summed E-state index contributed by atoms with van der Waals surface area (Å²) < 4.78 is 5.51. The SMILES string of the molecule is O=CCCCCCCCNC(=O)OCC1c2ccccc2-c2ccccc21. The lowest BCUT2D eigenvalue weighted by atomic mass is 9.98.